The standard InChI is InChI=1S/C24H26N/c1-6-17-15-16(2)21(20-13-9-10-14-25(20)5)23-22(17)18-11-7-8-12-19(18)24(23,3)4/h7-15H,6H2,1-5H3/q+1. The van der Waals surface area contributed by atoms with Crippen molar-refractivity contribution in [2.75, 3.05) is 0 Å². The van der Waals surface area contributed by atoms with Crippen LogP contribution < -0.4 is 4.57 Å². The Hall–Kier alpha value is -2.41. The number of hydrogen-bond donors (Lipinski definition) is 0. The first-order valence-electron chi connectivity index (χ1n) is 9.18. The van der Waals surface area contributed by atoms with Gasteiger partial charge in [-0.05, 0) is 52.8 Å². The van der Waals surface area contributed by atoms with Crippen molar-refractivity contribution < 1.29 is 4.57 Å². The predicted molar refractivity (Wildman–Crippen MR) is 105 cm³/mol. The molecule has 0 N–H and O–H groups in total. The Morgan fingerprint density at radius 1 is 0.960 bits per heavy atom. The third kappa shape index (κ3) is 2.18. The zero-order chi connectivity index (χ0) is 17.8. The molecule has 0 saturated carbocycles. The zero-order valence-electron chi connectivity index (χ0n) is 15.9. The molecule has 0 spiro atoms. The minimum Gasteiger partial charge on any atom is -0.201 e. The summed E-state index contributed by atoms with van der Waals surface area (Å²) >= 11 is 0. The fraction of sp³-hybridized carbons (Fsp3) is 0.292. The number of rotatable bonds is 2. The molecule has 1 aromatic heterocycles. The highest BCUT2D eigenvalue weighted by atomic mass is 14.9. The van der Waals surface area contributed by atoms with E-state index in [1.165, 1.54) is 44.6 Å². The molecular formula is C24H26N+. The SMILES string of the molecule is CCc1cc(C)c(-c2cccc[n+]2C)c2c1-c1ccccc1C2(C)C. The van der Waals surface area contributed by atoms with E-state index in [9.17, 15) is 0 Å². The maximum absolute atomic E-state index is 2.40. The number of benzene rings is 2. The third-order valence-corrected chi connectivity index (χ3v) is 5.79. The van der Waals surface area contributed by atoms with Crippen LogP contribution in [0.1, 0.15) is 43.0 Å². The van der Waals surface area contributed by atoms with Crippen molar-refractivity contribution in [2.24, 2.45) is 7.05 Å². The van der Waals surface area contributed by atoms with E-state index >= 15 is 0 Å². The largest absolute Gasteiger partial charge is 0.212 e. The van der Waals surface area contributed by atoms with E-state index < -0.39 is 0 Å². The van der Waals surface area contributed by atoms with Gasteiger partial charge in [-0.2, -0.15) is 0 Å². The van der Waals surface area contributed by atoms with Gasteiger partial charge in [-0.3, -0.25) is 0 Å². The van der Waals surface area contributed by atoms with Crippen LogP contribution in [0.2, 0.25) is 0 Å². The van der Waals surface area contributed by atoms with E-state index in [1.807, 2.05) is 0 Å². The highest BCUT2D eigenvalue weighted by Crippen LogP contribution is 2.53. The summed E-state index contributed by atoms with van der Waals surface area (Å²) in [6.07, 6.45) is 3.21. The van der Waals surface area contributed by atoms with Gasteiger partial charge < -0.3 is 0 Å². The number of hydrogen-bond acceptors (Lipinski definition) is 0. The number of pyridine rings is 1. The van der Waals surface area contributed by atoms with E-state index in [4.69, 9.17) is 0 Å². The maximum Gasteiger partial charge on any atom is 0.212 e. The average molecular weight is 328 g/mol. The van der Waals surface area contributed by atoms with Crippen molar-refractivity contribution in [1.82, 2.24) is 0 Å². The van der Waals surface area contributed by atoms with Gasteiger partial charge in [-0.15, -0.1) is 0 Å². The van der Waals surface area contributed by atoms with Gasteiger partial charge in [0.25, 0.3) is 0 Å². The molecule has 0 aliphatic heterocycles. The average Bonchev–Trinajstić information content (AvgIpc) is 2.84. The molecule has 25 heavy (non-hydrogen) atoms. The van der Waals surface area contributed by atoms with Gasteiger partial charge in [0.05, 0.1) is 5.56 Å². The van der Waals surface area contributed by atoms with Crippen molar-refractivity contribution in [1.29, 1.82) is 0 Å². The van der Waals surface area contributed by atoms with Crippen LogP contribution in [0.15, 0.2) is 54.7 Å². The molecule has 126 valence electrons. The first-order chi connectivity index (χ1) is 12.0. The zero-order valence-corrected chi connectivity index (χ0v) is 15.9. The van der Waals surface area contributed by atoms with Gasteiger partial charge in [0, 0.05) is 17.5 Å². The summed E-state index contributed by atoms with van der Waals surface area (Å²) in [5.41, 5.74) is 11.4. The van der Waals surface area contributed by atoms with Crippen molar-refractivity contribution in [3.8, 4) is 22.4 Å². The molecule has 1 heteroatoms. The molecule has 0 radical (unpaired) electrons. The Balaban J connectivity index is 2.17. The van der Waals surface area contributed by atoms with E-state index in [2.05, 4.69) is 94.0 Å². The quantitative estimate of drug-likeness (QED) is 0.558. The van der Waals surface area contributed by atoms with Crippen LogP contribution in [0.4, 0.5) is 0 Å². The summed E-state index contributed by atoms with van der Waals surface area (Å²) in [6, 6.07) is 17.8. The van der Waals surface area contributed by atoms with Crippen molar-refractivity contribution >= 4 is 0 Å². The van der Waals surface area contributed by atoms with Gasteiger partial charge in [-0.25, -0.2) is 4.57 Å². The first-order valence-corrected chi connectivity index (χ1v) is 9.18. The minimum absolute atomic E-state index is 0.0139. The molecule has 0 unspecified atom stereocenters. The molecule has 1 heterocycles. The topological polar surface area (TPSA) is 3.88 Å². The molecule has 4 rings (SSSR count). The fourth-order valence-corrected chi connectivity index (χ4v) is 4.59. The highest BCUT2D eigenvalue weighted by Gasteiger charge is 2.40. The second-order valence-corrected chi connectivity index (χ2v) is 7.70. The number of aromatic nitrogens is 1. The third-order valence-electron chi connectivity index (χ3n) is 5.79. The molecule has 0 bridgehead atoms. The summed E-state index contributed by atoms with van der Waals surface area (Å²) in [7, 11) is 2.14. The lowest BCUT2D eigenvalue weighted by Crippen LogP contribution is -2.31. The van der Waals surface area contributed by atoms with Crippen LogP contribution >= 0.6 is 0 Å². The summed E-state index contributed by atoms with van der Waals surface area (Å²) in [6.45, 7) is 9.29. The van der Waals surface area contributed by atoms with Crippen LogP contribution in [0.25, 0.3) is 22.4 Å². The van der Waals surface area contributed by atoms with Gasteiger partial charge in [0.15, 0.2) is 6.20 Å². The lowest BCUT2D eigenvalue weighted by molar-refractivity contribution is -0.660. The monoisotopic (exact) mass is 328 g/mol. The Kier molecular flexibility index (Phi) is 3.57. The first kappa shape index (κ1) is 16.1. The molecule has 1 nitrogen and oxygen atoms in total. The minimum atomic E-state index is 0.0139. The van der Waals surface area contributed by atoms with Crippen molar-refractivity contribution in [2.45, 2.75) is 39.5 Å². The van der Waals surface area contributed by atoms with Gasteiger partial charge in [0.2, 0.25) is 5.69 Å². The number of nitrogens with zero attached hydrogens (tertiary/aromatic N) is 1. The smallest absolute Gasteiger partial charge is 0.201 e. The summed E-state index contributed by atoms with van der Waals surface area (Å²) < 4.78 is 2.24. The molecule has 3 aromatic rings. The van der Waals surface area contributed by atoms with Gasteiger partial charge in [-0.1, -0.05) is 51.1 Å². The molecule has 1 aliphatic rings. The normalized spacial score (nSPS) is 14.3. The molecule has 0 amide bonds. The lowest BCUT2D eigenvalue weighted by Gasteiger charge is -2.25. The van der Waals surface area contributed by atoms with E-state index in [1.54, 1.807) is 0 Å². The Bertz CT molecular complexity index is 979. The molecule has 2 aromatic carbocycles. The van der Waals surface area contributed by atoms with Crippen LogP contribution in [0.5, 0.6) is 0 Å². The van der Waals surface area contributed by atoms with Crippen LogP contribution in [0.3, 0.4) is 0 Å². The Morgan fingerprint density at radius 2 is 1.68 bits per heavy atom. The summed E-state index contributed by atoms with van der Waals surface area (Å²) in [5.74, 6) is 0. The Labute approximate surface area is 151 Å². The van der Waals surface area contributed by atoms with E-state index in [0.29, 0.717) is 0 Å². The van der Waals surface area contributed by atoms with Crippen LogP contribution in [-0.2, 0) is 18.9 Å². The fourth-order valence-electron chi connectivity index (χ4n) is 4.59. The van der Waals surface area contributed by atoms with E-state index in [0.717, 1.165) is 6.42 Å². The second-order valence-electron chi connectivity index (χ2n) is 7.70. The van der Waals surface area contributed by atoms with Crippen LogP contribution in [-0.4, -0.2) is 0 Å². The van der Waals surface area contributed by atoms with E-state index in [-0.39, 0.29) is 5.41 Å². The van der Waals surface area contributed by atoms with Crippen LogP contribution in [0, 0.1) is 6.92 Å². The maximum atomic E-state index is 2.40. The van der Waals surface area contributed by atoms with Gasteiger partial charge in [0.1, 0.15) is 7.05 Å². The Morgan fingerprint density at radius 3 is 2.40 bits per heavy atom. The highest BCUT2D eigenvalue weighted by molar-refractivity contribution is 5.90. The van der Waals surface area contributed by atoms with Crippen molar-refractivity contribution in [3.05, 3.63) is 77.0 Å². The number of fused-ring (bicyclic) bond motifs is 3. The number of aryl methyl sites for hydroxylation is 3. The molecule has 1 aliphatic carbocycles. The summed E-state index contributed by atoms with van der Waals surface area (Å²) in [5, 5.41) is 0. The predicted octanol–water partition coefficient (Wildman–Crippen LogP) is 5.36. The second kappa shape index (κ2) is 5.56. The summed E-state index contributed by atoms with van der Waals surface area (Å²) in [4.78, 5) is 0. The molecular weight excluding hydrogens is 302 g/mol. The molecule has 0 atom stereocenters. The lowest BCUT2D eigenvalue weighted by atomic mass is 9.77. The van der Waals surface area contributed by atoms with Gasteiger partial charge >= 0.3 is 0 Å². The van der Waals surface area contributed by atoms with Crippen molar-refractivity contribution in [3.63, 3.8) is 0 Å². The molecule has 0 saturated heterocycles. The molecule has 0 fully saturated rings.